The van der Waals surface area contributed by atoms with Gasteiger partial charge >= 0.3 is 0 Å². The molecule has 1 aromatic rings. The Kier molecular flexibility index (Phi) is 5.27. The standard InChI is InChI=1S/C9H17N5O2/c1-2-5-16-6-3-4-11-8(15)7-12-9(10)14-13-7/h2-6H2,1H3,(H,11,15)(H3,10,12,13,14). The summed E-state index contributed by atoms with van der Waals surface area (Å²) < 4.78 is 5.27. The molecule has 1 rings (SSSR count). The molecule has 0 saturated carbocycles. The fourth-order valence-electron chi connectivity index (χ4n) is 1.08. The van der Waals surface area contributed by atoms with Crippen molar-refractivity contribution >= 4 is 11.9 Å². The Hall–Kier alpha value is -1.63. The third kappa shape index (κ3) is 4.26. The predicted octanol–water partition coefficient (Wildman–Crippen LogP) is -0.0666. The van der Waals surface area contributed by atoms with Crippen LogP contribution < -0.4 is 11.1 Å². The molecule has 0 fully saturated rings. The molecular weight excluding hydrogens is 210 g/mol. The smallest absolute Gasteiger partial charge is 0.288 e. The summed E-state index contributed by atoms with van der Waals surface area (Å²) in [5.74, 6) is -0.108. The van der Waals surface area contributed by atoms with Gasteiger partial charge in [-0.2, -0.15) is 4.98 Å². The fourth-order valence-corrected chi connectivity index (χ4v) is 1.08. The lowest BCUT2D eigenvalue weighted by molar-refractivity contribution is 0.0931. The molecule has 0 aliphatic rings. The van der Waals surface area contributed by atoms with Crippen molar-refractivity contribution in [2.75, 3.05) is 25.5 Å². The van der Waals surface area contributed by atoms with Gasteiger partial charge in [0, 0.05) is 19.8 Å². The number of nitrogens with zero attached hydrogens (tertiary/aromatic N) is 2. The number of nitrogens with two attached hydrogens (primary N) is 1. The maximum absolute atomic E-state index is 11.4. The van der Waals surface area contributed by atoms with Crippen LogP contribution >= 0.6 is 0 Å². The Bertz CT molecular complexity index is 325. The minimum absolute atomic E-state index is 0.0661. The third-order valence-electron chi connectivity index (χ3n) is 1.82. The van der Waals surface area contributed by atoms with E-state index < -0.39 is 0 Å². The highest BCUT2D eigenvalue weighted by Gasteiger charge is 2.08. The van der Waals surface area contributed by atoms with Crippen LogP contribution in [0.1, 0.15) is 30.4 Å². The van der Waals surface area contributed by atoms with Crippen LogP contribution in [0.15, 0.2) is 0 Å². The maximum Gasteiger partial charge on any atom is 0.288 e. The van der Waals surface area contributed by atoms with Crippen LogP contribution in [0.5, 0.6) is 0 Å². The summed E-state index contributed by atoms with van der Waals surface area (Å²) in [5, 5.41) is 8.68. The molecule has 1 aromatic heterocycles. The second kappa shape index (κ2) is 6.78. The molecule has 7 nitrogen and oxygen atoms in total. The van der Waals surface area contributed by atoms with Crippen molar-refractivity contribution < 1.29 is 9.53 Å². The van der Waals surface area contributed by atoms with Crippen molar-refractivity contribution in [3.05, 3.63) is 5.82 Å². The monoisotopic (exact) mass is 227 g/mol. The quantitative estimate of drug-likeness (QED) is 0.565. The molecule has 0 spiro atoms. The molecule has 0 atom stereocenters. The van der Waals surface area contributed by atoms with Crippen molar-refractivity contribution in [1.29, 1.82) is 0 Å². The molecule has 0 aliphatic heterocycles. The van der Waals surface area contributed by atoms with E-state index in [-0.39, 0.29) is 17.7 Å². The lowest BCUT2D eigenvalue weighted by atomic mass is 10.4. The van der Waals surface area contributed by atoms with Gasteiger partial charge in [-0.1, -0.05) is 6.92 Å². The van der Waals surface area contributed by atoms with Gasteiger partial charge in [-0.25, -0.2) is 0 Å². The fraction of sp³-hybridized carbons (Fsp3) is 0.667. The molecule has 16 heavy (non-hydrogen) atoms. The van der Waals surface area contributed by atoms with Crippen molar-refractivity contribution in [3.8, 4) is 0 Å². The maximum atomic E-state index is 11.4. The number of amides is 1. The van der Waals surface area contributed by atoms with E-state index in [1.54, 1.807) is 0 Å². The first kappa shape index (κ1) is 12.4. The lowest BCUT2D eigenvalue weighted by Gasteiger charge is -2.03. The van der Waals surface area contributed by atoms with Gasteiger partial charge in [0.1, 0.15) is 0 Å². The molecule has 1 heterocycles. The number of H-pyrrole nitrogens is 1. The van der Waals surface area contributed by atoms with E-state index in [9.17, 15) is 4.79 Å². The van der Waals surface area contributed by atoms with E-state index >= 15 is 0 Å². The summed E-state index contributed by atoms with van der Waals surface area (Å²) in [7, 11) is 0. The van der Waals surface area contributed by atoms with Crippen LogP contribution in [0.3, 0.4) is 0 Å². The van der Waals surface area contributed by atoms with Gasteiger partial charge in [0.05, 0.1) is 0 Å². The predicted molar refractivity (Wildman–Crippen MR) is 58.9 cm³/mol. The van der Waals surface area contributed by atoms with E-state index in [1.807, 2.05) is 0 Å². The number of anilines is 1. The number of aromatic nitrogens is 3. The van der Waals surface area contributed by atoms with Crippen LogP contribution in [0, 0.1) is 0 Å². The topological polar surface area (TPSA) is 106 Å². The van der Waals surface area contributed by atoms with Crippen molar-refractivity contribution in [1.82, 2.24) is 20.5 Å². The Morgan fingerprint density at radius 1 is 1.56 bits per heavy atom. The first-order valence-corrected chi connectivity index (χ1v) is 5.28. The highest BCUT2D eigenvalue weighted by Crippen LogP contribution is 1.92. The molecule has 0 radical (unpaired) electrons. The van der Waals surface area contributed by atoms with E-state index in [2.05, 4.69) is 27.4 Å². The average molecular weight is 227 g/mol. The van der Waals surface area contributed by atoms with Crippen LogP contribution in [0.25, 0.3) is 0 Å². The number of nitrogen functional groups attached to an aromatic ring is 1. The molecule has 90 valence electrons. The van der Waals surface area contributed by atoms with Gasteiger partial charge < -0.3 is 15.8 Å². The summed E-state index contributed by atoms with van der Waals surface area (Å²) >= 11 is 0. The Balaban J connectivity index is 2.11. The van der Waals surface area contributed by atoms with Crippen LogP contribution in [0.2, 0.25) is 0 Å². The number of rotatable bonds is 7. The second-order valence-electron chi connectivity index (χ2n) is 3.26. The Morgan fingerprint density at radius 3 is 3.00 bits per heavy atom. The number of hydrogen-bond acceptors (Lipinski definition) is 5. The number of hydrogen-bond donors (Lipinski definition) is 3. The average Bonchev–Trinajstić information content (AvgIpc) is 2.70. The molecule has 7 heteroatoms. The first-order valence-electron chi connectivity index (χ1n) is 5.28. The van der Waals surface area contributed by atoms with Gasteiger partial charge in [0.15, 0.2) is 0 Å². The summed E-state index contributed by atoms with van der Waals surface area (Å²) in [6.07, 6.45) is 1.78. The summed E-state index contributed by atoms with van der Waals surface area (Å²) in [4.78, 5) is 15.1. The lowest BCUT2D eigenvalue weighted by Crippen LogP contribution is -2.26. The zero-order valence-corrected chi connectivity index (χ0v) is 9.32. The zero-order chi connectivity index (χ0) is 11.8. The highest BCUT2D eigenvalue weighted by atomic mass is 16.5. The van der Waals surface area contributed by atoms with Gasteiger partial charge in [0.25, 0.3) is 5.91 Å². The largest absolute Gasteiger partial charge is 0.381 e. The van der Waals surface area contributed by atoms with Crippen LogP contribution in [0.4, 0.5) is 5.95 Å². The van der Waals surface area contributed by atoms with E-state index in [0.29, 0.717) is 13.2 Å². The molecule has 0 unspecified atom stereocenters. The van der Waals surface area contributed by atoms with Crippen LogP contribution in [-0.2, 0) is 4.74 Å². The van der Waals surface area contributed by atoms with E-state index in [1.165, 1.54) is 0 Å². The van der Waals surface area contributed by atoms with Gasteiger partial charge in [-0.05, 0) is 12.8 Å². The SMILES string of the molecule is CCCOCCCNC(=O)c1nc(N)n[nH]1. The minimum atomic E-state index is -0.306. The molecule has 0 aliphatic carbocycles. The molecule has 1 amide bonds. The summed E-state index contributed by atoms with van der Waals surface area (Å²) in [6.45, 7) is 4.00. The van der Waals surface area contributed by atoms with Crippen molar-refractivity contribution in [2.24, 2.45) is 0 Å². The number of aromatic amines is 1. The first-order chi connectivity index (χ1) is 7.74. The normalized spacial score (nSPS) is 10.3. The summed E-state index contributed by atoms with van der Waals surface area (Å²) in [6, 6.07) is 0. The zero-order valence-electron chi connectivity index (χ0n) is 9.32. The van der Waals surface area contributed by atoms with Gasteiger partial charge in [0.2, 0.25) is 11.8 Å². The summed E-state index contributed by atoms with van der Waals surface area (Å²) in [5.41, 5.74) is 5.27. The Labute approximate surface area is 93.8 Å². The van der Waals surface area contributed by atoms with Crippen LogP contribution in [-0.4, -0.2) is 40.8 Å². The second-order valence-corrected chi connectivity index (χ2v) is 3.26. The number of ether oxygens (including phenoxy) is 1. The van der Waals surface area contributed by atoms with Gasteiger partial charge in [-0.15, -0.1) is 5.10 Å². The molecule has 4 N–H and O–H groups in total. The van der Waals surface area contributed by atoms with Crippen molar-refractivity contribution in [3.63, 3.8) is 0 Å². The molecule has 0 saturated heterocycles. The van der Waals surface area contributed by atoms with Gasteiger partial charge in [-0.3, -0.25) is 9.89 Å². The highest BCUT2D eigenvalue weighted by molar-refractivity contribution is 5.90. The molecular formula is C9H17N5O2. The number of carbonyl (C=O) groups is 1. The minimum Gasteiger partial charge on any atom is -0.381 e. The third-order valence-corrected chi connectivity index (χ3v) is 1.82. The molecule has 0 bridgehead atoms. The Morgan fingerprint density at radius 2 is 2.38 bits per heavy atom. The van der Waals surface area contributed by atoms with E-state index in [0.717, 1.165) is 19.4 Å². The van der Waals surface area contributed by atoms with Crippen molar-refractivity contribution in [2.45, 2.75) is 19.8 Å². The number of carbonyl (C=O) groups excluding carboxylic acids is 1. The number of nitrogens with one attached hydrogen (secondary N) is 2. The molecule has 0 aromatic carbocycles. The van der Waals surface area contributed by atoms with E-state index in [4.69, 9.17) is 10.5 Å².